The number of ether oxygens (including phenoxy) is 1. The lowest BCUT2D eigenvalue weighted by Gasteiger charge is -2.46. The summed E-state index contributed by atoms with van der Waals surface area (Å²) in [5.74, 6) is 0. The van der Waals surface area contributed by atoms with Crippen molar-refractivity contribution in [2.75, 3.05) is 71.7 Å². The van der Waals surface area contributed by atoms with Gasteiger partial charge < -0.3 is 25.6 Å². The van der Waals surface area contributed by atoms with Crippen LogP contribution in [0.15, 0.2) is 0 Å². The first-order chi connectivity index (χ1) is 13.0. The topological polar surface area (TPSA) is 123 Å². The zero-order valence-electron chi connectivity index (χ0n) is 17.5. The van der Waals surface area contributed by atoms with Crippen LogP contribution in [0.2, 0.25) is 0 Å². The molecule has 0 aromatic rings. The summed E-state index contributed by atoms with van der Waals surface area (Å²) in [6.45, 7) is 16.2. The summed E-state index contributed by atoms with van der Waals surface area (Å²) < 4.78 is 31.2. The number of hydrogen-bond donors (Lipinski definition) is 4. The number of piperazine rings is 2. The molecule has 0 bridgehead atoms. The van der Waals surface area contributed by atoms with Gasteiger partial charge in [0, 0.05) is 71.5 Å². The van der Waals surface area contributed by atoms with E-state index < -0.39 is 15.7 Å². The van der Waals surface area contributed by atoms with Gasteiger partial charge in [-0.15, -0.1) is 0 Å². The van der Waals surface area contributed by atoms with E-state index in [1.165, 1.54) is 0 Å². The summed E-state index contributed by atoms with van der Waals surface area (Å²) in [5, 5.41) is 9.78. The summed E-state index contributed by atoms with van der Waals surface area (Å²) in [7, 11) is -3.67. The van der Waals surface area contributed by atoms with E-state index >= 15 is 0 Å². The van der Waals surface area contributed by atoms with Gasteiger partial charge in [0.15, 0.2) is 0 Å². The molecule has 4 N–H and O–H groups in total. The van der Waals surface area contributed by atoms with Crippen LogP contribution in [-0.4, -0.2) is 112 Å². The maximum Gasteiger partial charge on any atom is 0.410 e. The molecule has 166 valence electrons. The molecule has 3 aliphatic heterocycles. The lowest BCUT2D eigenvalue weighted by atomic mass is 10.1. The molecule has 3 aliphatic rings. The predicted octanol–water partition coefficient (Wildman–Crippen LogP) is -0.806. The van der Waals surface area contributed by atoms with Gasteiger partial charge in [-0.05, 0) is 20.8 Å². The molecule has 28 heavy (non-hydrogen) atoms. The fourth-order valence-corrected chi connectivity index (χ4v) is 2.81. The molecule has 11 heteroatoms. The second-order valence-electron chi connectivity index (χ2n) is 8.06. The fourth-order valence-electron chi connectivity index (χ4n) is 2.81. The fraction of sp³-hybridized carbons (Fsp3) is 0.941. The highest BCUT2D eigenvalue weighted by Gasteiger charge is 2.37. The summed E-state index contributed by atoms with van der Waals surface area (Å²) >= 11 is 0. The molecule has 0 aromatic heterocycles. The molecule has 0 atom stereocenters. The largest absolute Gasteiger partial charge is 0.444 e. The van der Waals surface area contributed by atoms with E-state index in [9.17, 15) is 13.2 Å². The maximum absolute atomic E-state index is 11.7. The number of hydrogen-bond acceptors (Lipinski definition) is 8. The van der Waals surface area contributed by atoms with Gasteiger partial charge in [-0.25, -0.2) is 4.79 Å². The molecule has 10 nitrogen and oxygen atoms in total. The standard InChI is InChI=1S/C12H23N3O2.C4H10N2.CH4O3S/c1-12(2,3)17-11(16)15-8-10(9-15)14-6-4-13-5-7-14;1-2-6-4-3-5-1;1-5(2,3)4/h10,13H,4-9H2,1-3H3;5-6H,1-4H2;1H3,(H,2,3,4). The van der Waals surface area contributed by atoms with Crippen molar-refractivity contribution in [3.8, 4) is 0 Å². The van der Waals surface area contributed by atoms with Crippen LogP contribution < -0.4 is 16.0 Å². The van der Waals surface area contributed by atoms with Gasteiger partial charge in [-0.2, -0.15) is 8.42 Å². The predicted molar refractivity (Wildman–Crippen MR) is 109 cm³/mol. The molecule has 3 rings (SSSR count). The molecule has 0 saturated carbocycles. The van der Waals surface area contributed by atoms with E-state index in [1.807, 2.05) is 20.8 Å². The van der Waals surface area contributed by atoms with Crippen LogP contribution in [-0.2, 0) is 14.9 Å². The summed E-state index contributed by atoms with van der Waals surface area (Å²) in [5.41, 5.74) is -0.392. The highest BCUT2D eigenvalue weighted by Crippen LogP contribution is 2.19. The van der Waals surface area contributed by atoms with Crippen LogP contribution in [0.1, 0.15) is 20.8 Å². The number of amides is 1. The Kier molecular flexibility index (Phi) is 10.6. The molecule has 3 heterocycles. The lowest BCUT2D eigenvalue weighted by molar-refractivity contribution is -0.0172. The Morgan fingerprint density at radius 3 is 1.71 bits per heavy atom. The van der Waals surface area contributed by atoms with Crippen LogP contribution in [0.4, 0.5) is 4.79 Å². The van der Waals surface area contributed by atoms with Crippen molar-refractivity contribution in [1.29, 1.82) is 0 Å². The summed E-state index contributed by atoms with van der Waals surface area (Å²) in [6.07, 6.45) is 0.538. The second kappa shape index (κ2) is 11.9. The van der Waals surface area contributed by atoms with E-state index in [4.69, 9.17) is 9.29 Å². The van der Waals surface area contributed by atoms with Gasteiger partial charge in [0.2, 0.25) is 0 Å². The van der Waals surface area contributed by atoms with Crippen LogP contribution in [0.25, 0.3) is 0 Å². The highest BCUT2D eigenvalue weighted by atomic mass is 32.2. The number of rotatable bonds is 1. The monoisotopic (exact) mass is 423 g/mol. The van der Waals surface area contributed by atoms with Gasteiger partial charge in [-0.1, -0.05) is 0 Å². The number of carbonyl (C=O) groups excluding carboxylic acids is 1. The molecule has 0 radical (unpaired) electrons. The minimum absolute atomic E-state index is 0.177. The Balaban J connectivity index is 0.000000292. The minimum atomic E-state index is -3.67. The highest BCUT2D eigenvalue weighted by molar-refractivity contribution is 7.85. The molecule has 0 unspecified atom stereocenters. The van der Waals surface area contributed by atoms with Crippen molar-refractivity contribution in [1.82, 2.24) is 25.8 Å². The Hall–Kier alpha value is -0.980. The van der Waals surface area contributed by atoms with Crippen LogP contribution in [0.5, 0.6) is 0 Å². The lowest BCUT2D eigenvalue weighted by Crippen LogP contribution is -2.64. The van der Waals surface area contributed by atoms with Gasteiger partial charge in [0.1, 0.15) is 5.60 Å². The molecule has 0 spiro atoms. The normalized spacial score (nSPS) is 21.4. The van der Waals surface area contributed by atoms with Crippen molar-refractivity contribution < 1.29 is 22.5 Å². The van der Waals surface area contributed by atoms with Crippen molar-refractivity contribution in [2.24, 2.45) is 0 Å². The number of carbonyl (C=O) groups is 1. The number of nitrogens with zero attached hydrogens (tertiary/aromatic N) is 2. The van der Waals surface area contributed by atoms with E-state index in [2.05, 4.69) is 20.9 Å². The third-order valence-corrected chi connectivity index (χ3v) is 4.14. The van der Waals surface area contributed by atoms with E-state index in [0.29, 0.717) is 12.3 Å². The first-order valence-corrected chi connectivity index (χ1v) is 11.6. The van der Waals surface area contributed by atoms with Crippen molar-refractivity contribution in [2.45, 2.75) is 32.4 Å². The van der Waals surface area contributed by atoms with Gasteiger partial charge in [0.25, 0.3) is 10.1 Å². The SMILES string of the molecule is C1CNCCN1.CC(C)(C)OC(=O)N1CC(N2CCNCC2)C1.CS(=O)(=O)O. The maximum atomic E-state index is 11.7. The third-order valence-electron chi connectivity index (χ3n) is 4.14. The quantitative estimate of drug-likeness (QED) is 0.401. The van der Waals surface area contributed by atoms with Gasteiger partial charge in [-0.3, -0.25) is 9.45 Å². The molecular formula is C17H37N5O5S. The molecule has 3 saturated heterocycles. The summed E-state index contributed by atoms with van der Waals surface area (Å²) in [4.78, 5) is 16.0. The Morgan fingerprint density at radius 2 is 1.36 bits per heavy atom. The second-order valence-corrected chi connectivity index (χ2v) is 9.52. The van der Waals surface area contributed by atoms with E-state index in [0.717, 1.165) is 65.4 Å². The van der Waals surface area contributed by atoms with Crippen LogP contribution >= 0.6 is 0 Å². The Morgan fingerprint density at radius 1 is 0.964 bits per heavy atom. The number of nitrogens with one attached hydrogen (secondary N) is 3. The zero-order chi connectivity index (χ0) is 21.2. The molecular weight excluding hydrogens is 386 g/mol. The Labute approximate surface area is 169 Å². The van der Waals surface area contributed by atoms with E-state index in [-0.39, 0.29) is 6.09 Å². The van der Waals surface area contributed by atoms with Gasteiger partial charge in [0.05, 0.1) is 6.26 Å². The molecule has 0 aliphatic carbocycles. The van der Waals surface area contributed by atoms with Gasteiger partial charge >= 0.3 is 6.09 Å². The average Bonchev–Trinajstić information content (AvgIpc) is 2.53. The third kappa shape index (κ3) is 12.5. The zero-order valence-corrected chi connectivity index (χ0v) is 18.3. The first-order valence-electron chi connectivity index (χ1n) is 9.72. The molecule has 1 amide bonds. The van der Waals surface area contributed by atoms with Crippen LogP contribution in [0, 0.1) is 0 Å². The van der Waals surface area contributed by atoms with Crippen molar-refractivity contribution in [3.63, 3.8) is 0 Å². The smallest absolute Gasteiger partial charge is 0.410 e. The molecule has 3 fully saturated rings. The Bertz CT molecular complexity index is 531. The van der Waals surface area contributed by atoms with Crippen LogP contribution in [0.3, 0.4) is 0 Å². The molecule has 0 aromatic carbocycles. The van der Waals surface area contributed by atoms with E-state index in [1.54, 1.807) is 4.90 Å². The minimum Gasteiger partial charge on any atom is -0.444 e. The summed E-state index contributed by atoms with van der Waals surface area (Å²) in [6, 6.07) is 0.532. The van der Waals surface area contributed by atoms with Crippen molar-refractivity contribution >= 4 is 16.2 Å². The van der Waals surface area contributed by atoms with Crippen molar-refractivity contribution in [3.05, 3.63) is 0 Å². The average molecular weight is 424 g/mol. The number of likely N-dealkylation sites (tertiary alicyclic amines) is 1. The first kappa shape index (κ1) is 25.1.